The largest absolute Gasteiger partial charge is 0.481 e. The maximum absolute atomic E-state index is 11.3. The molecule has 0 saturated carbocycles. The second kappa shape index (κ2) is 6.53. The van der Waals surface area contributed by atoms with Gasteiger partial charge < -0.3 is 14.8 Å². The minimum atomic E-state index is -1.10. The van der Waals surface area contributed by atoms with Crippen LogP contribution in [0.3, 0.4) is 0 Å². The van der Waals surface area contributed by atoms with E-state index in [1.807, 2.05) is 5.32 Å². The lowest BCUT2D eigenvalue weighted by molar-refractivity contribution is -0.138. The van der Waals surface area contributed by atoms with Crippen LogP contribution in [-0.4, -0.2) is 28.0 Å². The van der Waals surface area contributed by atoms with E-state index < -0.39 is 17.9 Å². The standard InChI is InChI=1S/C11H15N3O5/c1-6-7(2)19-9(13-6)5-12-11(18)14-8(15)3-4-10(16)17/h3-5H2,1-2H3,(H,16,17)(H2,12,14,15,18). The molecule has 8 nitrogen and oxygen atoms in total. The van der Waals surface area contributed by atoms with Crippen molar-refractivity contribution < 1.29 is 23.9 Å². The fourth-order valence-corrected chi connectivity index (χ4v) is 1.22. The molecule has 0 aromatic carbocycles. The summed E-state index contributed by atoms with van der Waals surface area (Å²) in [6, 6.07) is -0.719. The Hall–Kier alpha value is -2.38. The number of carboxylic acids is 1. The van der Waals surface area contributed by atoms with Crippen molar-refractivity contribution in [3.63, 3.8) is 0 Å². The Morgan fingerprint density at radius 2 is 1.95 bits per heavy atom. The molecular weight excluding hydrogens is 254 g/mol. The molecule has 0 saturated heterocycles. The van der Waals surface area contributed by atoms with E-state index in [0.717, 1.165) is 5.69 Å². The fraction of sp³-hybridized carbons (Fsp3) is 0.455. The van der Waals surface area contributed by atoms with Crippen molar-refractivity contribution >= 4 is 17.9 Å². The Bertz CT molecular complexity index is 475. The van der Waals surface area contributed by atoms with E-state index in [1.54, 1.807) is 13.8 Å². The molecule has 0 radical (unpaired) electrons. The zero-order valence-corrected chi connectivity index (χ0v) is 10.6. The number of carbonyl (C=O) groups is 3. The quantitative estimate of drug-likeness (QED) is 0.714. The number of aryl methyl sites for hydroxylation is 2. The average molecular weight is 269 g/mol. The number of imide groups is 1. The average Bonchev–Trinajstić information content (AvgIpc) is 2.64. The van der Waals surface area contributed by atoms with E-state index in [9.17, 15) is 14.4 Å². The van der Waals surface area contributed by atoms with Crippen molar-refractivity contribution in [3.8, 4) is 0 Å². The van der Waals surface area contributed by atoms with Crippen LogP contribution in [0.2, 0.25) is 0 Å². The Labute approximate surface area is 109 Å². The van der Waals surface area contributed by atoms with Crippen LogP contribution >= 0.6 is 0 Å². The van der Waals surface area contributed by atoms with Gasteiger partial charge >= 0.3 is 12.0 Å². The molecule has 0 bridgehead atoms. The Balaban J connectivity index is 2.31. The van der Waals surface area contributed by atoms with Gasteiger partial charge in [0.2, 0.25) is 11.8 Å². The summed E-state index contributed by atoms with van der Waals surface area (Å²) in [5, 5.41) is 12.8. The highest BCUT2D eigenvalue weighted by Gasteiger charge is 2.11. The molecule has 3 N–H and O–H groups in total. The predicted molar refractivity (Wildman–Crippen MR) is 63.2 cm³/mol. The molecule has 0 aliphatic carbocycles. The summed E-state index contributed by atoms with van der Waals surface area (Å²) < 4.78 is 5.23. The van der Waals surface area contributed by atoms with Crippen molar-refractivity contribution in [2.24, 2.45) is 0 Å². The summed E-state index contributed by atoms with van der Waals surface area (Å²) in [4.78, 5) is 36.7. The second-order valence-corrected chi connectivity index (χ2v) is 3.87. The van der Waals surface area contributed by atoms with Crippen molar-refractivity contribution in [3.05, 3.63) is 17.3 Å². The van der Waals surface area contributed by atoms with Crippen LogP contribution in [0.4, 0.5) is 4.79 Å². The monoisotopic (exact) mass is 269 g/mol. The smallest absolute Gasteiger partial charge is 0.321 e. The normalized spacial score (nSPS) is 10.0. The molecule has 0 aliphatic heterocycles. The van der Waals surface area contributed by atoms with Gasteiger partial charge in [0.1, 0.15) is 5.76 Å². The third-order valence-electron chi connectivity index (χ3n) is 2.29. The van der Waals surface area contributed by atoms with Crippen LogP contribution in [-0.2, 0) is 16.1 Å². The number of nitrogens with one attached hydrogen (secondary N) is 2. The summed E-state index contributed by atoms with van der Waals surface area (Å²) in [5.41, 5.74) is 0.731. The second-order valence-electron chi connectivity index (χ2n) is 3.87. The number of rotatable bonds is 5. The zero-order chi connectivity index (χ0) is 14.4. The molecule has 1 aromatic rings. The molecule has 0 spiro atoms. The van der Waals surface area contributed by atoms with Gasteiger partial charge in [0.05, 0.1) is 18.7 Å². The summed E-state index contributed by atoms with van der Waals surface area (Å²) in [6.07, 6.45) is -0.572. The van der Waals surface area contributed by atoms with Gasteiger partial charge in [0.15, 0.2) is 0 Å². The van der Waals surface area contributed by atoms with E-state index in [1.165, 1.54) is 0 Å². The summed E-state index contributed by atoms with van der Waals surface area (Å²) in [5.74, 6) is -0.751. The lowest BCUT2D eigenvalue weighted by Crippen LogP contribution is -2.39. The molecule has 1 heterocycles. The first-order valence-electron chi connectivity index (χ1n) is 5.61. The van der Waals surface area contributed by atoms with Gasteiger partial charge in [0, 0.05) is 6.42 Å². The van der Waals surface area contributed by atoms with Gasteiger partial charge in [-0.2, -0.15) is 0 Å². The van der Waals surface area contributed by atoms with Crippen LogP contribution in [0, 0.1) is 13.8 Å². The van der Waals surface area contributed by atoms with Gasteiger partial charge in [-0.3, -0.25) is 14.9 Å². The lowest BCUT2D eigenvalue weighted by Gasteiger charge is -2.03. The topological polar surface area (TPSA) is 122 Å². The van der Waals surface area contributed by atoms with E-state index in [-0.39, 0.29) is 19.4 Å². The van der Waals surface area contributed by atoms with E-state index in [4.69, 9.17) is 9.52 Å². The molecular formula is C11H15N3O5. The number of urea groups is 1. The third-order valence-corrected chi connectivity index (χ3v) is 2.29. The highest BCUT2D eigenvalue weighted by Crippen LogP contribution is 2.07. The van der Waals surface area contributed by atoms with Gasteiger partial charge in [-0.15, -0.1) is 0 Å². The summed E-state index contributed by atoms with van der Waals surface area (Å²) in [6.45, 7) is 3.58. The van der Waals surface area contributed by atoms with Crippen LogP contribution in [0.15, 0.2) is 4.42 Å². The summed E-state index contributed by atoms with van der Waals surface area (Å²) in [7, 11) is 0. The minimum Gasteiger partial charge on any atom is -0.481 e. The van der Waals surface area contributed by atoms with Gasteiger partial charge in [0.25, 0.3) is 0 Å². The fourth-order valence-electron chi connectivity index (χ4n) is 1.22. The van der Waals surface area contributed by atoms with Crippen molar-refractivity contribution in [1.29, 1.82) is 0 Å². The molecule has 1 rings (SSSR count). The molecule has 1 aromatic heterocycles. The lowest BCUT2D eigenvalue weighted by atomic mass is 10.3. The van der Waals surface area contributed by atoms with Crippen molar-refractivity contribution in [2.75, 3.05) is 0 Å². The first-order valence-corrected chi connectivity index (χ1v) is 5.61. The molecule has 3 amide bonds. The number of carbonyl (C=O) groups excluding carboxylic acids is 2. The van der Waals surface area contributed by atoms with Crippen LogP contribution < -0.4 is 10.6 Å². The Morgan fingerprint density at radius 3 is 2.47 bits per heavy atom. The Kier molecular flexibility index (Phi) is 5.04. The van der Waals surface area contributed by atoms with Crippen LogP contribution in [0.5, 0.6) is 0 Å². The van der Waals surface area contributed by atoms with Crippen LogP contribution in [0.1, 0.15) is 30.2 Å². The van der Waals surface area contributed by atoms with E-state index >= 15 is 0 Å². The SMILES string of the molecule is Cc1nc(CNC(=O)NC(=O)CCC(=O)O)oc1C. The number of hydrogen-bond donors (Lipinski definition) is 3. The van der Waals surface area contributed by atoms with E-state index in [2.05, 4.69) is 10.3 Å². The highest BCUT2D eigenvalue weighted by molar-refractivity contribution is 5.95. The Morgan fingerprint density at radius 1 is 1.26 bits per heavy atom. The zero-order valence-electron chi connectivity index (χ0n) is 10.6. The van der Waals surface area contributed by atoms with Gasteiger partial charge in [-0.25, -0.2) is 9.78 Å². The molecule has 0 atom stereocenters. The van der Waals surface area contributed by atoms with Gasteiger partial charge in [-0.05, 0) is 13.8 Å². The van der Waals surface area contributed by atoms with E-state index in [0.29, 0.717) is 11.7 Å². The van der Waals surface area contributed by atoms with Crippen molar-refractivity contribution in [2.45, 2.75) is 33.2 Å². The number of carboxylic acid groups (broad SMARTS) is 1. The molecule has 0 fully saturated rings. The number of hydrogen-bond acceptors (Lipinski definition) is 5. The predicted octanol–water partition coefficient (Wildman–Crippen LogP) is 0.482. The molecule has 8 heteroatoms. The molecule has 0 aliphatic rings. The molecule has 19 heavy (non-hydrogen) atoms. The van der Waals surface area contributed by atoms with Gasteiger partial charge in [-0.1, -0.05) is 0 Å². The number of amides is 3. The maximum Gasteiger partial charge on any atom is 0.321 e. The molecule has 104 valence electrons. The number of aromatic nitrogens is 1. The maximum atomic E-state index is 11.3. The number of oxazole rings is 1. The summed E-state index contributed by atoms with van der Waals surface area (Å²) >= 11 is 0. The third kappa shape index (κ3) is 5.19. The highest BCUT2D eigenvalue weighted by atomic mass is 16.4. The first-order chi connectivity index (χ1) is 8.88. The van der Waals surface area contributed by atoms with Crippen LogP contribution in [0.25, 0.3) is 0 Å². The number of nitrogens with zero attached hydrogens (tertiary/aromatic N) is 1. The molecule has 0 unspecified atom stereocenters. The number of aliphatic carboxylic acids is 1. The van der Waals surface area contributed by atoms with Crippen molar-refractivity contribution in [1.82, 2.24) is 15.6 Å². The minimum absolute atomic E-state index is 0.0483. The first kappa shape index (κ1) is 14.7.